The lowest BCUT2D eigenvalue weighted by Crippen LogP contribution is -2.29. The quantitative estimate of drug-likeness (QED) is 0.849. The summed E-state index contributed by atoms with van der Waals surface area (Å²) in [5.74, 6) is 0.795. The Morgan fingerprint density at radius 3 is 2.59 bits per heavy atom. The normalized spacial score (nSPS) is 12.1. The molecule has 0 bridgehead atoms. The molecule has 1 atom stereocenters. The van der Waals surface area contributed by atoms with Crippen molar-refractivity contribution in [1.82, 2.24) is 4.57 Å². The van der Waals surface area contributed by atoms with E-state index in [1.165, 1.54) is 0 Å². The van der Waals surface area contributed by atoms with Gasteiger partial charge in [0.05, 0.1) is 19.3 Å². The summed E-state index contributed by atoms with van der Waals surface area (Å²) in [6, 6.07) is 10.7. The van der Waals surface area contributed by atoms with Crippen molar-refractivity contribution in [1.29, 1.82) is 0 Å². The Balaban J connectivity index is 2.25. The summed E-state index contributed by atoms with van der Waals surface area (Å²) in [5, 5.41) is 0. The van der Waals surface area contributed by atoms with Crippen molar-refractivity contribution >= 4 is 0 Å². The molecule has 0 radical (unpaired) electrons. The largest absolute Gasteiger partial charge is 0.494 e. The third-order valence-electron chi connectivity index (χ3n) is 3.47. The van der Waals surface area contributed by atoms with Crippen LogP contribution in [-0.2, 0) is 11.3 Å². The third kappa shape index (κ3) is 3.75. The van der Waals surface area contributed by atoms with E-state index in [4.69, 9.17) is 15.2 Å². The smallest absolute Gasteiger partial charge is 0.255 e. The zero-order chi connectivity index (χ0) is 15.9. The SMILES string of the molecule is CCOc1ccc(C(N)c2cccn(CCOC)c2=O)cc1. The molecule has 1 aromatic heterocycles. The summed E-state index contributed by atoms with van der Waals surface area (Å²) >= 11 is 0. The van der Waals surface area contributed by atoms with Gasteiger partial charge in [0.2, 0.25) is 0 Å². The predicted octanol–water partition coefficient (Wildman–Crippen LogP) is 1.94. The van der Waals surface area contributed by atoms with E-state index in [-0.39, 0.29) is 5.56 Å². The van der Waals surface area contributed by atoms with Crippen molar-refractivity contribution in [2.24, 2.45) is 5.73 Å². The summed E-state index contributed by atoms with van der Waals surface area (Å²) in [5.41, 5.74) is 7.62. The molecule has 0 amide bonds. The van der Waals surface area contributed by atoms with Gasteiger partial charge in [0.15, 0.2) is 0 Å². The van der Waals surface area contributed by atoms with E-state index in [1.54, 1.807) is 23.9 Å². The van der Waals surface area contributed by atoms with Gasteiger partial charge in [0.1, 0.15) is 5.75 Å². The molecule has 2 rings (SSSR count). The first-order valence-electron chi connectivity index (χ1n) is 7.34. The van der Waals surface area contributed by atoms with Crippen LogP contribution in [0.2, 0.25) is 0 Å². The second-order valence-electron chi connectivity index (χ2n) is 4.93. The zero-order valence-electron chi connectivity index (χ0n) is 13.0. The van der Waals surface area contributed by atoms with Gasteiger partial charge in [-0.05, 0) is 30.7 Å². The second-order valence-corrected chi connectivity index (χ2v) is 4.93. The topological polar surface area (TPSA) is 66.5 Å². The first kappa shape index (κ1) is 16.3. The number of nitrogens with two attached hydrogens (primary N) is 1. The van der Waals surface area contributed by atoms with Crippen LogP contribution in [-0.4, -0.2) is 24.9 Å². The highest BCUT2D eigenvalue weighted by atomic mass is 16.5. The number of hydrogen-bond acceptors (Lipinski definition) is 4. The van der Waals surface area contributed by atoms with Gasteiger partial charge in [-0.25, -0.2) is 0 Å². The Morgan fingerprint density at radius 2 is 1.95 bits per heavy atom. The van der Waals surface area contributed by atoms with Crippen LogP contribution in [0.5, 0.6) is 5.75 Å². The molecule has 1 aromatic carbocycles. The van der Waals surface area contributed by atoms with E-state index in [1.807, 2.05) is 37.3 Å². The highest BCUT2D eigenvalue weighted by molar-refractivity contribution is 5.34. The average molecular weight is 302 g/mol. The first-order chi connectivity index (χ1) is 10.7. The number of ether oxygens (including phenoxy) is 2. The monoisotopic (exact) mass is 302 g/mol. The molecule has 0 saturated carbocycles. The van der Waals surface area contributed by atoms with E-state index < -0.39 is 6.04 Å². The van der Waals surface area contributed by atoms with E-state index >= 15 is 0 Å². The Kier molecular flexibility index (Phi) is 5.75. The Bertz CT molecular complexity index is 650. The average Bonchev–Trinajstić information content (AvgIpc) is 2.54. The van der Waals surface area contributed by atoms with Crippen LogP contribution in [0.4, 0.5) is 0 Å². The van der Waals surface area contributed by atoms with Gasteiger partial charge < -0.3 is 19.8 Å². The minimum Gasteiger partial charge on any atom is -0.494 e. The molecule has 1 heterocycles. The highest BCUT2D eigenvalue weighted by Crippen LogP contribution is 2.20. The summed E-state index contributed by atoms with van der Waals surface area (Å²) < 4.78 is 12.0. The van der Waals surface area contributed by atoms with Crippen LogP contribution in [0.15, 0.2) is 47.4 Å². The molecule has 5 nitrogen and oxygen atoms in total. The van der Waals surface area contributed by atoms with Crippen molar-refractivity contribution in [3.8, 4) is 5.75 Å². The van der Waals surface area contributed by atoms with E-state index in [2.05, 4.69) is 0 Å². The van der Waals surface area contributed by atoms with Crippen LogP contribution in [0.1, 0.15) is 24.1 Å². The number of aromatic nitrogens is 1. The number of benzene rings is 1. The van der Waals surface area contributed by atoms with E-state index in [9.17, 15) is 4.79 Å². The lowest BCUT2D eigenvalue weighted by atomic mass is 10.0. The van der Waals surface area contributed by atoms with Crippen molar-refractivity contribution in [2.75, 3.05) is 20.3 Å². The molecular formula is C17H22N2O3. The molecule has 2 N–H and O–H groups in total. The molecule has 0 saturated heterocycles. The molecule has 0 aliphatic heterocycles. The maximum absolute atomic E-state index is 12.5. The summed E-state index contributed by atoms with van der Waals surface area (Å²) in [6.07, 6.45) is 1.75. The Labute approximate surface area is 130 Å². The fraction of sp³-hybridized carbons (Fsp3) is 0.353. The number of pyridine rings is 1. The van der Waals surface area contributed by atoms with Gasteiger partial charge >= 0.3 is 0 Å². The maximum atomic E-state index is 12.5. The number of methoxy groups -OCH3 is 1. The lowest BCUT2D eigenvalue weighted by Gasteiger charge is -2.14. The van der Waals surface area contributed by atoms with Gasteiger partial charge in [-0.15, -0.1) is 0 Å². The van der Waals surface area contributed by atoms with Crippen molar-refractivity contribution in [2.45, 2.75) is 19.5 Å². The van der Waals surface area contributed by atoms with Gasteiger partial charge in [0, 0.05) is 25.4 Å². The van der Waals surface area contributed by atoms with Crippen LogP contribution < -0.4 is 16.0 Å². The van der Waals surface area contributed by atoms with Crippen molar-refractivity contribution in [3.63, 3.8) is 0 Å². The molecule has 0 aliphatic carbocycles. The molecule has 1 unspecified atom stereocenters. The minimum absolute atomic E-state index is 0.0825. The van der Waals surface area contributed by atoms with Gasteiger partial charge in [-0.1, -0.05) is 18.2 Å². The standard InChI is InChI=1S/C17H22N2O3/c1-3-22-14-8-6-13(7-9-14)16(18)15-5-4-10-19(17(15)20)11-12-21-2/h4-10,16H,3,11-12,18H2,1-2H3. The summed E-state index contributed by atoms with van der Waals surface area (Å²) in [6.45, 7) is 3.56. The number of rotatable bonds is 7. The van der Waals surface area contributed by atoms with Crippen molar-refractivity contribution in [3.05, 3.63) is 64.1 Å². The Hall–Kier alpha value is -2.11. The molecule has 5 heteroatoms. The molecular weight excluding hydrogens is 280 g/mol. The first-order valence-corrected chi connectivity index (χ1v) is 7.34. The predicted molar refractivity (Wildman–Crippen MR) is 86.2 cm³/mol. The maximum Gasteiger partial charge on any atom is 0.255 e. The van der Waals surface area contributed by atoms with Crippen LogP contribution in [0.3, 0.4) is 0 Å². The second kappa shape index (κ2) is 7.77. The molecule has 118 valence electrons. The fourth-order valence-corrected chi connectivity index (χ4v) is 2.28. The molecule has 0 spiro atoms. The summed E-state index contributed by atoms with van der Waals surface area (Å²) in [7, 11) is 1.61. The van der Waals surface area contributed by atoms with Gasteiger partial charge in [-0.2, -0.15) is 0 Å². The van der Waals surface area contributed by atoms with Crippen LogP contribution in [0.25, 0.3) is 0 Å². The summed E-state index contributed by atoms with van der Waals surface area (Å²) in [4.78, 5) is 12.5. The van der Waals surface area contributed by atoms with Crippen LogP contribution in [0, 0.1) is 0 Å². The number of hydrogen-bond donors (Lipinski definition) is 1. The highest BCUT2D eigenvalue weighted by Gasteiger charge is 2.14. The molecule has 0 aliphatic rings. The molecule has 2 aromatic rings. The minimum atomic E-state index is -0.460. The van der Waals surface area contributed by atoms with Crippen molar-refractivity contribution < 1.29 is 9.47 Å². The fourth-order valence-electron chi connectivity index (χ4n) is 2.28. The van der Waals surface area contributed by atoms with E-state index in [0.29, 0.717) is 25.3 Å². The molecule has 0 fully saturated rings. The van der Waals surface area contributed by atoms with Gasteiger partial charge in [0.25, 0.3) is 5.56 Å². The number of nitrogens with zero attached hydrogens (tertiary/aromatic N) is 1. The third-order valence-corrected chi connectivity index (χ3v) is 3.47. The molecule has 22 heavy (non-hydrogen) atoms. The zero-order valence-corrected chi connectivity index (χ0v) is 13.0. The van der Waals surface area contributed by atoms with Crippen LogP contribution >= 0.6 is 0 Å². The lowest BCUT2D eigenvalue weighted by molar-refractivity contribution is 0.186. The van der Waals surface area contributed by atoms with E-state index in [0.717, 1.165) is 11.3 Å². The Morgan fingerprint density at radius 1 is 1.23 bits per heavy atom. The van der Waals surface area contributed by atoms with Gasteiger partial charge in [-0.3, -0.25) is 4.79 Å².